The van der Waals surface area contributed by atoms with E-state index >= 15 is 0 Å². The number of esters is 2. The van der Waals surface area contributed by atoms with Gasteiger partial charge in [-0.15, -0.1) is 0 Å². The minimum Gasteiger partial charge on any atom is -0.468 e. The molecule has 5 nitrogen and oxygen atoms in total. The van der Waals surface area contributed by atoms with Crippen molar-refractivity contribution in [3.63, 3.8) is 0 Å². The maximum atomic E-state index is 12.9. The molecule has 29 heavy (non-hydrogen) atoms. The Morgan fingerprint density at radius 1 is 1.14 bits per heavy atom. The first-order valence-corrected chi connectivity index (χ1v) is 13.9. The van der Waals surface area contributed by atoms with Crippen molar-refractivity contribution in [2.45, 2.75) is 58.2 Å². The van der Waals surface area contributed by atoms with E-state index in [0.717, 1.165) is 11.8 Å². The second-order valence-electron chi connectivity index (χ2n) is 11.6. The Kier molecular flexibility index (Phi) is 3.79. The van der Waals surface area contributed by atoms with Gasteiger partial charge in [0.2, 0.25) is 0 Å². The van der Waals surface area contributed by atoms with Crippen LogP contribution in [0.2, 0.25) is 18.1 Å². The SMILES string of the molecule is COC(=O)C1(C(=O)OC)CC2=C(CO[Si](C)(C)C(C)(C)C)[C@@H]3[C@H]4[C@H]5C[C@@H]3[C@]2(C1)[C@H]54. The minimum absolute atomic E-state index is 0.0223. The Bertz CT molecular complexity index is 821. The molecule has 5 fully saturated rings. The zero-order valence-corrected chi connectivity index (χ0v) is 19.8. The molecule has 0 aromatic heterocycles. The number of hydrogen-bond acceptors (Lipinski definition) is 5. The molecule has 0 unspecified atom stereocenters. The van der Waals surface area contributed by atoms with Crippen molar-refractivity contribution in [1.29, 1.82) is 0 Å². The van der Waals surface area contributed by atoms with E-state index in [-0.39, 0.29) is 10.5 Å². The topological polar surface area (TPSA) is 61.8 Å². The highest BCUT2D eigenvalue weighted by Crippen LogP contribution is 2.91. The smallest absolute Gasteiger partial charge is 0.323 e. The quantitative estimate of drug-likeness (QED) is 0.293. The molecule has 1 spiro atoms. The molecular formula is C23H34O5Si. The summed E-state index contributed by atoms with van der Waals surface area (Å²) in [7, 11) is 0.888. The van der Waals surface area contributed by atoms with Gasteiger partial charge in [0.15, 0.2) is 13.7 Å². The third-order valence-electron chi connectivity index (χ3n) is 9.83. The molecule has 6 atom stereocenters. The molecule has 0 saturated heterocycles. The van der Waals surface area contributed by atoms with E-state index in [4.69, 9.17) is 13.9 Å². The van der Waals surface area contributed by atoms with Crippen molar-refractivity contribution < 1.29 is 23.5 Å². The second kappa shape index (κ2) is 5.55. The summed E-state index contributed by atoms with van der Waals surface area (Å²) < 4.78 is 16.9. The van der Waals surface area contributed by atoms with E-state index in [2.05, 4.69) is 33.9 Å². The Labute approximate surface area is 174 Å². The van der Waals surface area contributed by atoms with E-state index in [1.165, 1.54) is 31.8 Å². The fraction of sp³-hybridized carbons (Fsp3) is 0.826. The maximum absolute atomic E-state index is 12.9. The van der Waals surface area contributed by atoms with Crippen molar-refractivity contribution in [3.05, 3.63) is 11.1 Å². The average molecular weight is 419 g/mol. The normalized spacial score (nSPS) is 40.3. The Balaban J connectivity index is 1.54. The van der Waals surface area contributed by atoms with E-state index in [9.17, 15) is 9.59 Å². The molecule has 6 heteroatoms. The van der Waals surface area contributed by atoms with Crippen molar-refractivity contribution >= 4 is 20.3 Å². The van der Waals surface area contributed by atoms with Gasteiger partial charge in [-0.3, -0.25) is 9.59 Å². The Morgan fingerprint density at radius 2 is 1.76 bits per heavy atom. The predicted octanol–water partition coefficient (Wildman–Crippen LogP) is 3.94. The van der Waals surface area contributed by atoms with Gasteiger partial charge in [0.25, 0.3) is 0 Å². The molecule has 0 aliphatic heterocycles. The van der Waals surface area contributed by atoms with Crippen LogP contribution in [0, 0.1) is 40.4 Å². The summed E-state index contributed by atoms with van der Waals surface area (Å²) in [5.74, 6) is 2.57. The summed E-state index contributed by atoms with van der Waals surface area (Å²) in [6, 6.07) is 0. The first kappa shape index (κ1) is 19.8. The summed E-state index contributed by atoms with van der Waals surface area (Å²) in [4.78, 5) is 25.7. The Morgan fingerprint density at radius 3 is 2.28 bits per heavy atom. The van der Waals surface area contributed by atoms with Crippen molar-refractivity contribution in [2.75, 3.05) is 20.8 Å². The molecule has 6 aliphatic carbocycles. The molecular weight excluding hydrogens is 384 g/mol. The van der Waals surface area contributed by atoms with Gasteiger partial charge < -0.3 is 13.9 Å². The standard InChI is InChI=1S/C23H34O5Si/c1-21(2,3)29(6,7)28-10-13-15-9-22(19(24)26-4,20(25)27-5)11-23(15)14-8-12-17(16(13)14)18(12)23/h12,14,16-18H,8-11H2,1-7H3/t12-,14+,16+,17-,18-,23+/m1/s1. The molecule has 160 valence electrons. The van der Waals surface area contributed by atoms with Gasteiger partial charge in [-0.25, -0.2) is 0 Å². The lowest BCUT2D eigenvalue weighted by atomic mass is 9.73. The van der Waals surface area contributed by atoms with Crippen molar-refractivity contribution in [2.24, 2.45) is 40.4 Å². The fourth-order valence-corrected chi connectivity index (χ4v) is 8.67. The second-order valence-corrected chi connectivity index (χ2v) is 16.5. The van der Waals surface area contributed by atoms with Crippen LogP contribution in [0.15, 0.2) is 11.1 Å². The number of carbonyl (C=O) groups is 2. The summed E-state index contributed by atoms with van der Waals surface area (Å²) in [6.07, 6.45) is 2.30. The molecule has 0 heterocycles. The number of allylic oxidation sites excluding steroid dienone is 1. The van der Waals surface area contributed by atoms with Gasteiger partial charge >= 0.3 is 11.9 Å². The zero-order valence-electron chi connectivity index (χ0n) is 18.8. The molecule has 5 saturated carbocycles. The van der Waals surface area contributed by atoms with E-state index in [0.29, 0.717) is 37.2 Å². The van der Waals surface area contributed by atoms with Crippen LogP contribution in [-0.2, 0) is 23.5 Å². The lowest BCUT2D eigenvalue weighted by molar-refractivity contribution is -0.169. The van der Waals surface area contributed by atoms with Gasteiger partial charge in [0, 0.05) is 5.41 Å². The Hall–Kier alpha value is -1.14. The third kappa shape index (κ3) is 2.10. The monoisotopic (exact) mass is 418 g/mol. The van der Waals surface area contributed by atoms with Crippen LogP contribution in [0.1, 0.15) is 40.0 Å². The summed E-state index contributed by atoms with van der Waals surface area (Å²) >= 11 is 0. The largest absolute Gasteiger partial charge is 0.468 e. The van der Waals surface area contributed by atoms with E-state index in [1.807, 2.05) is 0 Å². The molecule has 0 aromatic carbocycles. The van der Waals surface area contributed by atoms with Gasteiger partial charge in [-0.2, -0.15) is 0 Å². The summed E-state index contributed by atoms with van der Waals surface area (Å²) in [5, 5.41) is 0.162. The van der Waals surface area contributed by atoms with Gasteiger partial charge in [-0.05, 0) is 72.6 Å². The fourth-order valence-electron chi connectivity index (χ4n) is 7.72. The van der Waals surface area contributed by atoms with E-state index < -0.39 is 25.7 Å². The minimum atomic E-state index is -1.87. The predicted molar refractivity (Wildman–Crippen MR) is 110 cm³/mol. The van der Waals surface area contributed by atoms with Crippen LogP contribution in [0.5, 0.6) is 0 Å². The van der Waals surface area contributed by atoms with Crippen LogP contribution in [0.4, 0.5) is 0 Å². The highest BCUT2D eigenvalue weighted by Gasteiger charge is 2.87. The van der Waals surface area contributed by atoms with E-state index in [1.54, 1.807) is 0 Å². The number of rotatable bonds is 5. The zero-order chi connectivity index (χ0) is 21.1. The first-order chi connectivity index (χ1) is 13.5. The summed E-state index contributed by atoms with van der Waals surface area (Å²) in [5.41, 5.74) is 1.64. The van der Waals surface area contributed by atoms with Crippen LogP contribution < -0.4 is 0 Å². The summed E-state index contributed by atoms with van der Waals surface area (Å²) in [6.45, 7) is 12.1. The molecule has 0 radical (unpaired) electrons. The number of ether oxygens (including phenoxy) is 2. The number of carbonyl (C=O) groups excluding carboxylic acids is 2. The average Bonchev–Trinajstić information content (AvgIpc) is 3.02. The lowest BCUT2D eigenvalue weighted by Gasteiger charge is -2.37. The highest BCUT2D eigenvalue weighted by molar-refractivity contribution is 6.74. The van der Waals surface area contributed by atoms with Crippen LogP contribution in [0.3, 0.4) is 0 Å². The molecule has 6 bridgehead atoms. The first-order valence-electron chi connectivity index (χ1n) is 11.0. The maximum Gasteiger partial charge on any atom is 0.323 e. The van der Waals surface area contributed by atoms with Gasteiger partial charge in [0.05, 0.1) is 20.8 Å². The highest BCUT2D eigenvalue weighted by atomic mass is 28.4. The molecule has 0 N–H and O–H groups in total. The number of hydrogen-bond donors (Lipinski definition) is 0. The molecule has 0 amide bonds. The lowest BCUT2D eigenvalue weighted by Crippen LogP contribution is -2.42. The van der Waals surface area contributed by atoms with Crippen LogP contribution in [-0.4, -0.2) is 41.1 Å². The van der Waals surface area contributed by atoms with Crippen molar-refractivity contribution in [3.8, 4) is 0 Å². The van der Waals surface area contributed by atoms with Crippen LogP contribution >= 0.6 is 0 Å². The van der Waals surface area contributed by atoms with Crippen molar-refractivity contribution in [1.82, 2.24) is 0 Å². The third-order valence-corrected chi connectivity index (χ3v) is 14.3. The molecule has 0 aromatic rings. The van der Waals surface area contributed by atoms with Crippen LogP contribution in [0.25, 0.3) is 0 Å². The van der Waals surface area contributed by atoms with Gasteiger partial charge in [-0.1, -0.05) is 26.3 Å². The molecule has 6 rings (SSSR count). The molecule has 6 aliphatic rings. The number of methoxy groups -OCH3 is 2. The van der Waals surface area contributed by atoms with Gasteiger partial charge in [0.1, 0.15) is 0 Å².